The fourth-order valence-electron chi connectivity index (χ4n) is 2.92. The zero-order chi connectivity index (χ0) is 19.9. The molecule has 0 fully saturated rings. The summed E-state index contributed by atoms with van der Waals surface area (Å²) < 4.78 is 0. The maximum atomic E-state index is 8.89. The SMILES string of the molecule is CCCCCCCCCCC(O)S.CCCCCCCCCCC(O)S. The second kappa shape index (κ2) is 25.6. The van der Waals surface area contributed by atoms with Gasteiger partial charge in [-0.05, 0) is 12.8 Å². The summed E-state index contributed by atoms with van der Waals surface area (Å²) in [6.45, 7) is 4.49. The molecule has 0 heterocycles. The van der Waals surface area contributed by atoms with Crippen LogP contribution in [0.4, 0.5) is 0 Å². The summed E-state index contributed by atoms with van der Waals surface area (Å²) in [6.07, 6.45) is 22.8. The molecule has 0 aromatic carbocycles. The Hall–Kier alpha value is 0.620. The van der Waals surface area contributed by atoms with Crippen LogP contribution in [0.2, 0.25) is 0 Å². The van der Waals surface area contributed by atoms with E-state index in [2.05, 4.69) is 39.1 Å². The molecule has 26 heavy (non-hydrogen) atoms. The van der Waals surface area contributed by atoms with Gasteiger partial charge in [0, 0.05) is 0 Å². The summed E-state index contributed by atoms with van der Waals surface area (Å²) in [4.78, 5) is 0. The highest BCUT2D eigenvalue weighted by Gasteiger charge is 1.96. The summed E-state index contributed by atoms with van der Waals surface area (Å²) in [6, 6.07) is 0. The predicted octanol–water partition coefficient (Wildman–Crippen LogP) is 7.53. The third-order valence-corrected chi connectivity index (χ3v) is 5.15. The first-order chi connectivity index (χ1) is 12.5. The first-order valence-corrected chi connectivity index (χ1v) is 12.3. The third-order valence-electron chi connectivity index (χ3n) is 4.63. The van der Waals surface area contributed by atoms with E-state index in [1.165, 1.54) is 89.9 Å². The zero-order valence-electron chi connectivity index (χ0n) is 17.7. The van der Waals surface area contributed by atoms with E-state index in [1.807, 2.05) is 0 Å². The van der Waals surface area contributed by atoms with E-state index in [4.69, 9.17) is 10.2 Å². The van der Waals surface area contributed by atoms with Gasteiger partial charge in [0.25, 0.3) is 0 Å². The van der Waals surface area contributed by atoms with Crippen molar-refractivity contribution in [1.82, 2.24) is 0 Å². The number of unbranched alkanes of at least 4 members (excludes halogenated alkanes) is 14. The fourth-order valence-corrected chi connectivity index (χ4v) is 3.29. The molecule has 0 aromatic heterocycles. The normalized spacial score (nSPS) is 13.2. The Morgan fingerprint density at radius 1 is 0.462 bits per heavy atom. The molecule has 0 spiro atoms. The number of hydrogen-bond acceptors (Lipinski definition) is 4. The average molecular weight is 409 g/mol. The Bertz CT molecular complexity index is 212. The van der Waals surface area contributed by atoms with Gasteiger partial charge in [0.05, 0.1) is 10.9 Å². The molecule has 160 valence electrons. The Balaban J connectivity index is 0. The summed E-state index contributed by atoms with van der Waals surface area (Å²) in [5, 5.41) is 17.8. The molecule has 4 heteroatoms. The van der Waals surface area contributed by atoms with Crippen molar-refractivity contribution < 1.29 is 10.2 Å². The first kappa shape index (κ1) is 28.8. The molecule has 0 aliphatic rings. The van der Waals surface area contributed by atoms with Crippen molar-refractivity contribution in [3.63, 3.8) is 0 Å². The Morgan fingerprint density at radius 3 is 0.923 bits per heavy atom. The highest BCUT2D eigenvalue weighted by atomic mass is 32.1. The van der Waals surface area contributed by atoms with Crippen molar-refractivity contribution in [1.29, 1.82) is 0 Å². The highest BCUT2D eigenvalue weighted by molar-refractivity contribution is 7.80. The zero-order valence-corrected chi connectivity index (χ0v) is 19.5. The maximum Gasteiger partial charge on any atom is 0.0964 e. The highest BCUT2D eigenvalue weighted by Crippen LogP contribution is 2.12. The molecule has 0 radical (unpaired) electrons. The topological polar surface area (TPSA) is 40.5 Å². The van der Waals surface area contributed by atoms with Crippen molar-refractivity contribution in [3.05, 3.63) is 0 Å². The second-order valence-corrected chi connectivity index (χ2v) is 8.68. The molecule has 0 aromatic rings. The lowest BCUT2D eigenvalue weighted by Crippen LogP contribution is -1.94. The van der Waals surface area contributed by atoms with Gasteiger partial charge in [-0.2, -0.15) is 0 Å². The molecule has 2 unspecified atom stereocenters. The van der Waals surface area contributed by atoms with Crippen molar-refractivity contribution in [2.45, 2.75) is 140 Å². The monoisotopic (exact) mass is 408 g/mol. The fraction of sp³-hybridized carbons (Fsp3) is 1.00. The van der Waals surface area contributed by atoms with Crippen LogP contribution >= 0.6 is 25.3 Å². The number of rotatable bonds is 18. The van der Waals surface area contributed by atoms with E-state index < -0.39 is 10.9 Å². The molecule has 0 aliphatic heterocycles. The minimum absolute atomic E-state index is 0.403. The summed E-state index contributed by atoms with van der Waals surface area (Å²) in [5.41, 5.74) is -0.805. The van der Waals surface area contributed by atoms with Gasteiger partial charge in [-0.25, -0.2) is 0 Å². The van der Waals surface area contributed by atoms with Gasteiger partial charge in [0.2, 0.25) is 0 Å². The smallest absolute Gasteiger partial charge is 0.0964 e. The molecule has 2 nitrogen and oxygen atoms in total. The molecule has 0 amide bonds. The van der Waals surface area contributed by atoms with E-state index in [0.29, 0.717) is 0 Å². The molecule has 0 saturated carbocycles. The van der Waals surface area contributed by atoms with Gasteiger partial charge in [-0.1, -0.05) is 117 Å². The van der Waals surface area contributed by atoms with Crippen molar-refractivity contribution >= 4 is 25.3 Å². The molecule has 2 atom stereocenters. The van der Waals surface area contributed by atoms with Crippen LogP contribution < -0.4 is 0 Å². The quantitative estimate of drug-likeness (QED) is 0.107. The number of hydrogen-bond donors (Lipinski definition) is 4. The van der Waals surface area contributed by atoms with Gasteiger partial charge >= 0.3 is 0 Å². The van der Waals surface area contributed by atoms with Crippen LogP contribution in [0.15, 0.2) is 0 Å². The standard InChI is InChI=1S/2C11H24OS/c2*1-2-3-4-5-6-7-8-9-10-11(12)13/h2*11-13H,2-10H2,1H3. The minimum Gasteiger partial charge on any atom is -0.383 e. The molecule has 2 N–H and O–H groups in total. The number of aliphatic hydroxyl groups excluding tert-OH is 2. The van der Waals surface area contributed by atoms with E-state index in [1.54, 1.807) is 0 Å². The van der Waals surface area contributed by atoms with Gasteiger partial charge < -0.3 is 10.2 Å². The van der Waals surface area contributed by atoms with Crippen LogP contribution in [-0.4, -0.2) is 21.1 Å². The van der Waals surface area contributed by atoms with E-state index in [-0.39, 0.29) is 0 Å². The van der Waals surface area contributed by atoms with Crippen LogP contribution in [0.1, 0.15) is 129 Å². The summed E-state index contributed by atoms with van der Waals surface area (Å²) >= 11 is 7.85. The average Bonchev–Trinajstić information content (AvgIpc) is 2.60. The predicted molar refractivity (Wildman–Crippen MR) is 124 cm³/mol. The number of aliphatic hydroxyl groups is 2. The molecule has 0 bridgehead atoms. The van der Waals surface area contributed by atoms with E-state index in [9.17, 15) is 0 Å². The van der Waals surface area contributed by atoms with Gasteiger partial charge in [-0.3, -0.25) is 0 Å². The van der Waals surface area contributed by atoms with Crippen LogP contribution in [0.5, 0.6) is 0 Å². The minimum atomic E-state index is -0.403. The third kappa shape index (κ3) is 32.3. The molecule has 0 saturated heterocycles. The summed E-state index contributed by atoms with van der Waals surface area (Å²) in [7, 11) is 0. The Labute approximate surface area is 175 Å². The van der Waals surface area contributed by atoms with Crippen LogP contribution in [0, 0.1) is 0 Å². The van der Waals surface area contributed by atoms with Crippen LogP contribution in [-0.2, 0) is 0 Å². The molecular formula is C22H48O2S2. The Morgan fingerprint density at radius 2 is 0.692 bits per heavy atom. The van der Waals surface area contributed by atoms with Crippen molar-refractivity contribution in [2.75, 3.05) is 0 Å². The van der Waals surface area contributed by atoms with E-state index in [0.717, 1.165) is 25.7 Å². The lowest BCUT2D eigenvalue weighted by Gasteiger charge is -2.03. The largest absolute Gasteiger partial charge is 0.383 e. The second-order valence-electron chi connectivity index (χ2n) is 7.49. The molecule has 0 aliphatic carbocycles. The lowest BCUT2D eigenvalue weighted by molar-refractivity contribution is 0.249. The van der Waals surface area contributed by atoms with Gasteiger partial charge in [0.15, 0.2) is 0 Å². The Kier molecular flexibility index (Phi) is 28.4. The van der Waals surface area contributed by atoms with Crippen LogP contribution in [0.3, 0.4) is 0 Å². The molecular weight excluding hydrogens is 360 g/mol. The van der Waals surface area contributed by atoms with E-state index >= 15 is 0 Å². The van der Waals surface area contributed by atoms with Gasteiger partial charge in [-0.15, -0.1) is 25.3 Å². The van der Waals surface area contributed by atoms with Crippen molar-refractivity contribution in [3.8, 4) is 0 Å². The molecule has 0 rings (SSSR count). The van der Waals surface area contributed by atoms with Crippen molar-refractivity contribution in [2.24, 2.45) is 0 Å². The van der Waals surface area contributed by atoms with Gasteiger partial charge in [0.1, 0.15) is 0 Å². The first-order valence-electron chi connectivity index (χ1n) is 11.3. The summed E-state index contributed by atoms with van der Waals surface area (Å²) in [5.74, 6) is 0. The lowest BCUT2D eigenvalue weighted by atomic mass is 10.1. The maximum absolute atomic E-state index is 8.89. The number of thiol groups is 2. The van der Waals surface area contributed by atoms with Crippen LogP contribution in [0.25, 0.3) is 0 Å².